The van der Waals surface area contributed by atoms with Crippen LogP contribution in [0.15, 0.2) is 12.1 Å². The predicted molar refractivity (Wildman–Crippen MR) is 91.0 cm³/mol. The maximum atomic E-state index is 12.4. The summed E-state index contributed by atoms with van der Waals surface area (Å²) in [5.41, 5.74) is 6.99. The van der Waals surface area contributed by atoms with E-state index in [9.17, 15) is 9.59 Å². The molecule has 6 nitrogen and oxygen atoms in total. The summed E-state index contributed by atoms with van der Waals surface area (Å²) in [7, 11) is 3.88. The Kier molecular flexibility index (Phi) is 7.54. The molecule has 0 unspecified atom stereocenters. The first-order valence-corrected chi connectivity index (χ1v) is 7.93. The first-order valence-electron chi connectivity index (χ1n) is 7.93. The lowest BCUT2D eigenvalue weighted by Crippen LogP contribution is -2.32. The molecule has 0 atom stereocenters. The summed E-state index contributed by atoms with van der Waals surface area (Å²) >= 11 is 0. The molecule has 23 heavy (non-hydrogen) atoms. The van der Waals surface area contributed by atoms with Crippen LogP contribution in [0.3, 0.4) is 0 Å². The molecule has 3 N–H and O–H groups in total. The lowest BCUT2D eigenvalue weighted by molar-refractivity contribution is 0.0950. The number of hydrogen-bond donors (Lipinski definition) is 2. The normalized spacial score (nSPS) is 10.7. The SMILES string of the molecule is CCCOc1cc(CC)c(C(=O)NCCN(C)C)cc1C(N)=O. The molecule has 0 spiro atoms. The van der Waals surface area contributed by atoms with E-state index in [1.54, 1.807) is 6.07 Å². The average molecular weight is 321 g/mol. The number of primary amides is 1. The predicted octanol–water partition coefficient (Wildman–Crippen LogP) is 1.43. The largest absolute Gasteiger partial charge is 0.493 e. The summed E-state index contributed by atoms with van der Waals surface area (Å²) in [6.45, 7) is 5.72. The van der Waals surface area contributed by atoms with Gasteiger partial charge in [-0.1, -0.05) is 13.8 Å². The third-order valence-electron chi connectivity index (χ3n) is 3.40. The van der Waals surface area contributed by atoms with E-state index in [4.69, 9.17) is 10.5 Å². The van der Waals surface area contributed by atoms with Crippen LogP contribution in [0.25, 0.3) is 0 Å². The second-order valence-corrected chi connectivity index (χ2v) is 5.63. The van der Waals surface area contributed by atoms with Crippen LogP contribution in [-0.4, -0.2) is 50.5 Å². The molecule has 0 bridgehead atoms. The Morgan fingerprint density at radius 2 is 1.91 bits per heavy atom. The van der Waals surface area contributed by atoms with E-state index in [1.165, 1.54) is 6.07 Å². The van der Waals surface area contributed by atoms with Crippen LogP contribution in [0.1, 0.15) is 46.5 Å². The number of carbonyl (C=O) groups excluding carboxylic acids is 2. The van der Waals surface area contributed by atoms with Gasteiger partial charge in [0.05, 0.1) is 12.2 Å². The molecule has 0 aliphatic carbocycles. The Hall–Kier alpha value is -2.08. The van der Waals surface area contributed by atoms with Crippen LogP contribution in [-0.2, 0) is 6.42 Å². The van der Waals surface area contributed by atoms with Crippen molar-refractivity contribution in [3.8, 4) is 5.75 Å². The summed E-state index contributed by atoms with van der Waals surface area (Å²) < 4.78 is 5.60. The number of nitrogens with one attached hydrogen (secondary N) is 1. The maximum absolute atomic E-state index is 12.4. The van der Waals surface area contributed by atoms with Gasteiger partial charge >= 0.3 is 0 Å². The van der Waals surface area contributed by atoms with Gasteiger partial charge in [0.15, 0.2) is 0 Å². The van der Waals surface area contributed by atoms with Gasteiger partial charge in [0.2, 0.25) is 0 Å². The highest BCUT2D eigenvalue weighted by Crippen LogP contribution is 2.24. The molecule has 0 saturated heterocycles. The summed E-state index contributed by atoms with van der Waals surface area (Å²) in [5, 5.41) is 2.86. The van der Waals surface area contributed by atoms with Crippen LogP contribution in [0.2, 0.25) is 0 Å². The molecule has 0 heterocycles. The third-order valence-corrected chi connectivity index (χ3v) is 3.40. The Morgan fingerprint density at radius 1 is 1.22 bits per heavy atom. The second-order valence-electron chi connectivity index (χ2n) is 5.63. The quantitative estimate of drug-likeness (QED) is 0.720. The average Bonchev–Trinajstić information content (AvgIpc) is 2.51. The van der Waals surface area contributed by atoms with Gasteiger partial charge < -0.3 is 20.7 Å². The van der Waals surface area contributed by atoms with Gasteiger partial charge in [-0.3, -0.25) is 9.59 Å². The van der Waals surface area contributed by atoms with Gasteiger partial charge in [0.25, 0.3) is 11.8 Å². The minimum atomic E-state index is -0.596. The number of ether oxygens (including phenoxy) is 1. The fourth-order valence-corrected chi connectivity index (χ4v) is 2.14. The highest BCUT2D eigenvalue weighted by atomic mass is 16.5. The summed E-state index contributed by atoms with van der Waals surface area (Å²) in [6, 6.07) is 3.29. The van der Waals surface area contributed by atoms with Crippen molar-refractivity contribution in [2.45, 2.75) is 26.7 Å². The second kappa shape index (κ2) is 9.15. The molecule has 0 fully saturated rings. The number of amides is 2. The van der Waals surface area contributed by atoms with Crippen molar-refractivity contribution in [3.63, 3.8) is 0 Å². The maximum Gasteiger partial charge on any atom is 0.252 e. The van der Waals surface area contributed by atoms with Gasteiger partial charge in [0, 0.05) is 18.7 Å². The van der Waals surface area contributed by atoms with Gasteiger partial charge in [-0.25, -0.2) is 0 Å². The summed E-state index contributed by atoms with van der Waals surface area (Å²) in [4.78, 5) is 26.0. The van der Waals surface area contributed by atoms with E-state index in [1.807, 2.05) is 32.8 Å². The Bertz CT molecular complexity index is 556. The number of rotatable bonds is 9. The number of aryl methyl sites for hydroxylation is 1. The number of likely N-dealkylation sites (N-methyl/N-ethyl adjacent to an activating group) is 1. The van der Waals surface area contributed by atoms with Crippen molar-refractivity contribution in [2.24, 2.45) is 5.73 Å². The Balaban J connectivity index is 3.08. The summed E-state index contributed by atoms with van der Waals surface area (Å²) in [6.07, 6.45) is 1.49. The molecule has 0 aromatic heterocycles. The Labute approximate surface area is 138 Å². The summed E-state index contributed by atoms with van der Waals surface area (Å²) in [5.74, 6) is -0.351. The highest BCUT2D eigenvalue weighted by Gasteiger charge is 2.18. The van der Waals surface area contributed by atoms with E-state index >= 15 is 0 Å². The Morgan fingerprint density at radius 3 is 2.43 bits per heavy atom. The van der Waals surface area contributed by atoms with Crippen molar-refractivity contribution in [1.29, 1.82) is 0 Å². The number of benzene rings is 1. The number of nitrogens with two attached hydrogens (primary N) is 1. The molecule has 128 valence electrons. The molecule has 1 aromatic carbocycles. The van der Waals surface area contributed by atoms with E-state index in [2.05, 4.69) is 5.32 Å². The lowest BCUT2D eigenvalue weighted by Gasteiger charge is -2.15. The minimum absolute atomic E-state index is 0.201. The van der Waals surface area contributed by atoms with Crippen LogP contribution < -0.4 is 15.8 Å². The first-order chi connectivity index (χ1) is 10.9. The van der Waals surface area contributed by atoms with Crippen molar-refractivity contribution < 1.29 is 14.3 Å². The van der Waals surface area contributed by atoms with Crippen molar-refractivity contribution in [1.82, 2.24) is 10.2 Å². The van der Waals surface area contributed by atoms with Crippen LogP contribution in [0, 0.1) is 0 Å². The zero-order valence-corrected chi connectivity index (χ0v) is 14.4. The molecule has 0 radical (unpaired) electrons. The number of nitrogens with zero attached hydrogens (tertiary/aromatic N) is 1. The van der Waals surface area contributed by atoms with Crippen molar-refractivity contribution in [2.75, 3.05) is 33.8 Å². The molecule has 1 rings (SSSR count). The molecule has 0 aliphatic heterocycles. The fourth-order valence-electron chi connectivity index (χ4n) is 2.14. The lowest BCUT2D eigenvalue weighted by atomic mass is 9.99. The smallest absolute Gasteiger partial charge is 0.252 e. The monoisotopic (exact) mass is 321 g/mol. The third kappa shape index (κ3) is 5.56. The van der Waals surface area contributed by atoms with Gasteiger partial charge in [0.1, 0.15) is 5.75 Å². The van der Waals surface area contributed by atoms with Gasteiger partial charge in [-0.2, -0.15) is 0 Å². The minimum Gasteiger partial charge on any atom is -0.493 e. The zero-order valence-electron chi connectivity index (χ0n) is 14.4. The molecular formula is C17H27N3O3. The topological polar surface area (TPSA) is 84.7 Å². The molecule has 6 heteroatoms. The standard InChI is InChI=1S/C17H27N3O3/c1-5-9-23-15-10-12(6-2)13(11-14(15)16(18)21)17(22)19-7-8-20(3)4/h10-11H,5-9H2,1-4H3,(H2,18,21)(H,19,22). The van der Waals surface area contributed by atoms with Gasteiger partial charge in [-0.15, -0.1) is 0 Å². The van der Waals surface area contributed by atoms with E-state index in [0.717, 1.165) is 18.5 Å². The van der Waals surface area contributed by atoms with Gasteiger partial charge in [-0.05, 0) is 44.6 Å². The zero-order chi connectivity index (χ0) is 17.4. The van der Waals surface area contributed by atoms with Crippen molar-refractivity contribution in [3.05, 3.63) is 28.8 Å². The fraction of sp³-hybridized carbons (Fsp3) is 0.529. The van der Waals surface area contributed by atoms with E-state index < -0.39 is 5.91 Å². The van der Waals surface area contributed by atoms with E-state index in [-0.39, 0.29) is 11.5 Å². The number of carbonyl (C=O) groups is 2. The van der Waals surface area contributed by atoms with Crippen LogP contribution >= 0.6 is 0 Å². The highest BCUT2D eigenvalue weighted by molar-refractivity contribution is 6.01. The molecule has 1 aromatic rings. The number of hydrogen-bond acceptors (Lipinski definition) is 4. The molecule has 0 aliphatic rings. The van der Waals surface area contributed by atoms with Crippen LogP contribution in [0.5, 0.6) is 5.75 Å². The van der Waals surface area contributed by atoms with E-state index in [0.29, 0.717) is 30.9 Å². The van der Waals surface area contributed by atoms with Crippen LogP contribution in [0.4, 0.5) is 0 Å². The molecule has 0 saturated carbocycles. The molecule has 2 amide bonds. The molecular weight excluding hydrogens is 294 g/mol. The first kappa shape index (κ1) is 19.0. The van der Waals surface area contributed by atoms with Crippen molar-refractivity contribution >= 4 is 11.8 Å².